The Morgan fingerprint density at radius 1 is 1.37 bits per heavy atom. The van der Waals surface area contributed by atoms with Crippen molar-refractivity contribution in [3.05, 3.63) is 40.1 Å². The molecular formula is C10H6BrF3N4O. The molecule has 0 fully saturated rings. The predicted molar refractivity (Wildman–Crippen MR) is 63.5 cm³/mol. The Kier molecular flexibility index (Phi) is 3.56. The monoisotopic (exact) mass is 334 g/mol. The van der Waals surface area contributed by atoms with Gasteiger partial charge in [0, 0.05) is 10.2 Å². The molecule has 0 aliphatic carbocycles. The van der Waals surface area contributed by atoms with Gasteiger partial charge in [0.2, 0.25) is 0 Å². The van der Waals surface area contributed by atoms with Crippen molar-refractivity contribution in [2.45, 2.75) is 6.18 Å². The van der Waals surface area contributed by atoms with Crippen LogP contribution in [0.3, 0.4) is 0 Å². The van der Waals surface area contributed by atoms with E-state index in [0.29, 0.717) is 0 Å². The molecule has 0 saturated heterocycles. The number of aromatic nitrogens is 3. The molecular weight excluding hydrogens is 329 g/mol. The number of rotatable bonds is 2. The number of nitrogens with zero attached hydrogens (tertiary/aromatic N) is 2. The molecule has 2 rings (SSSR count). The maximum Gasteiger partial charge on any atom is 0.417 e. The van der Waals surface area contributed by atoms with E-state index in [9.17, 15) is 18.0 Å². The van der Waals surface area contributed by atoms with E-state index in [1.54, 1.807) is 0 Å². The molecule has 100 valence electrons. The smallest absolute Gasteiger partial charge is 0.321 e. The molecule has 0 aliphatic heterocycles. The van der Waals surface area contributed by atoms with Crippen LogP contribution >= 0.6 is 15.9 Å². The average molecular weight is 335 g/mol. The Hall–Kier alpha value is -1.90. The third-order valence-corrected chi connectivity index (χ3v) is 2.87. The first-order valence-corrected chi connectivity index (χ1v) is 5.71. The van der Waals surface area contributed by atoms with Crippen molar-refractivity contribution in [1.82, 2.24) is 15.4 Å². The zero-order chi connectivity index (χ0) is 14.0. The fraction of sp³-hybridized carbons (Fsp3) is 0.100. The Morgan fingerprint density at radius 2 is 2.11 bits per heavy atom. The van der Waals surface area contributed by atoms with Crippen molar-refractivity contribution in [2.24, 2.45) is 0 Å². The molecule has 1 amide bonds. The summed E-state index contributed by atoms with van der Waals surface area (Å²) >= 11 is 2.81. The summed E-state index contributed by atoms with van der Waals surface area (Å²) < 4.78 is 37.9. The molecule has 0 atom stereocenters. The molecule has 9 heteroatoms. The van der Waals surface area contributed by atoms with Crippen molar-refractivity contribution in [1.29, 1.82) is 0 Å². The number of hydrogen-bond acceptors (Lipinski definition) is 3. The number of alkyl halides is 3. The number of carbonyl (C=O) groups is 1. The molecule has 19 heavy (non-hydrogen) atoms. The van der Waals surface area contributed by atoms with E-state index in [1.165, 1.54) is 18.3 Å². The zero-order valence-corrected chi connectivity index (χ0v) is 10.7. The molecule has 0 saturated carbocycles. The van der Waals surface area contributed by atoms with Gasteiger partial charge in [-0.1, -0.05) is 15.9 Å². The number of benzene rings is 1. The van der Waals surface area contributed by atoms with E-state index < -0.39 is 17.6 Å². The number of nitrogens with one attached hydrogen (secondary N) is 2. The number of H-pyrrole nitrogens is 1. The number of carbonyl (C=O) groups excluding carboxylic acids is 1. The number of hydrogen-bond donors (Lipinski definition) is 2. The van der Waals surface area contributed by atoms with Gasteiger partial charge in [-0.15, -0.1) is 0 Å². The molecule has 1 heterocycles. The van der Waals surface area contributed by atoms with Crippen LogP contribution in [-0.2, 0) is 6.18 Å². The van der Waals surface area contributed by atoms with Gasteiger partial charge < -0.3 is 5.32 Å². The van der Waals surface area contributed by atoms with Gasteiger partial charge in [-0.3, -0.25) is 4.79 Å². The van der Waals surface area contributed by atoms with Crippen LogP contribution in [0.4, 0.5) is 18.9 Å². The van der Waals surface area contributed by atoms with E-state index in [2.05, 4.69) is 36.7 Å². The fourth-order valence-electron chi connectivity index (χ4n) is 1.33. The van der Waals surface area contributed by atoms with Gasteiger partial charge >= 0.3 is 6.18 Å². The first-order chi connectivity index (χ1) is 8.88. The summed E-state index contributed by atoms with van der Waals surface area (Å²) in [7, 11) is 0. The highest BCUT2D eigenvalue weighted by atomic mass is 79.9. The van der Waals surface area contributed by atoms with Crippen LogP contribution in [0.1, 0.15) is 16.1 Å². The van der Waals surface area contributed by atoms with Gasteiger partial charge in [-0.25, -0.2) is 0 Å². The van der Waals surface area contributed by atoms with Crippen LogP contribution in [0.15, 0.2) is 28.9 Å². The number of anilines is 1. The summed E-state index contributed by atoms with van der Waals surface area (Å²) in [6.07, 6.45) is -3.34. The Bertz CT molecular complexity index is 597. The van der Waals surface area contributed by atoms with E-state index >= 15 is 0 Å². The van der Waals surface area contributed by atoms with Gasteiger partial charge in [-0.05, 0) is 18.2 Å². The maximum absolute atomic E-state index is 12.7. The van der Waals surface area contributed by atoms with Crippen LogP contribution in [0.5, 0.6) is 0 Å². The highest BCUT2D eigenvalue weighted by Crippen LogP contribution is 2.36. The molecule has 0 radical (unpaired) electrons. The standard InChI is InChI=1S/C10H6BrF3N4O/c11-7-2-1-5(3-6(7)10(12,13)14)16-9(19)8-4-15-18-17-8/h1-4H,(H,16,19)(H,15,17,18). The molecule has 0 aliphatic rings. The third kappa shape index (κ3) is 3.11. The quantitative estimate of drug-likeness (QED) is 0.887. The van der Waals surface area contributed by atoms with Gasteiger partial charge in [0.25, 0.3) is 5.91 Å². The van der Waals surface area contributed by atoms with Crippen molar-refractivity contribution < 1.29 is 18.0 Å². The molecule has 0 bridgehead atoms. The SMILES string of the molecule is O=C(Nc1ccc(Br)c(C(F)(F)F)c1)c1cn[nH]n1. The average Bonchev–Trinajstić information content (AvgIpc) is 2.83. The lowest BCUT2D eigenvalue weighted by molar-refractivity contribution is -0.138. The van der Waals surface area contributed by atoms with Gasteiger partial charge in [0.15, 0.2) is 5.69 Å². The topological polar surface area (TPSA) is 70.7 Å². The van der Waals surface area contributed by atoms with Crippen molar-refractivity contribution in [3.8, 4) is 0 Å². The second kappa shape index (κ2) is 5.00. The molecule has 1 aromatic heterocycles. The summed E-state index contributed by atoms with van der Waals surface area (Å²) in [4.78, 5) is 11.6. The van der Waals surface area contributed by atoms with Gasteiger partial charge in [0.05, 0.1) is 11.8 Å². The first-order valence-electron chi connectivity index (χ1n) is 4.92. The highest BCUT2D eigenvalue weighted by Gasteiger charge is 2.33. The number of amides is 1. The van der Waals surface area contributed by atoms with Crippen LogP contribution in [0.25, 0.3) is 0 Å². The summed E-state index contributed by atoms with van der Waals surface area (Å²) in [5.41, 5.74) is -0.870. The van der Waals surface area contributed by atoms with E-state index in [0.717, 1.165) is 6.07 Å². The third-order valence-electron chi connectivity index (χ3n) is 2.18. The molecule has 2 N–H and O–H groups in total. The maximum atomic E-state index is 12.7. The summed E-state index contributed by atoms with van der Waals surface area (Å²) in [6.45, 7) is 0. The molecule has 0 unspecified atom stereocenters. The van der Waals surface area contributed by atoms with Gasteiger partial charge in [0.1, 0.15) is 0 Å². The second-order valence-corrected chi connectivity index (χ2v) is 4.36. The number of aromatic amines is 1. The zero-order valence-electron chi connectivity index (χ0n) is 9.12. The number of halogens is 4. The normalized spacial score (nSPS) is 11.4. The minimum atomic E-state index is -4.51. The van der Waals surface area contributed by atoms with Crippen LogP contribution in [-0.4, -0.2) is 21.3 Å². The summed E-state index contributed by atoms with van der Waals surface area (Å²) in [5, 5.41) is 11.5. The van der Waals surface area contributed by atoms with Crippen molar-refractivity contribution in [3.63, 3.8) is 0 Å². The van der Waals surface area contributed by atoms with Crippen LogP contribution in [0.2, 0.25) is 0 Å². The van der Waals surface area contributed by atoms with Gasteiger partial charge in [-0.2, -0.15) is 28.6 Å². The van der Waals surface area contributed by atoms with E-state index in [1.807, 2.05) is 0 Å². The first kappa shape index (κ1) is 13.5. The Morgan fingerprint density at radius 3 is 2.68 bits per heavy atom. The minimum absolute atomic E-state index is 0.0172. The Balaban J connectivity index is 2.25. The van der Waals surface area contributed by atoms with Crippen molar-refractivity contribution >= 4 is 27.5 Å². The minimum Gasteiger partial charge on any atom is -0.321 e. The molecule has 5 nitrogen and oxygen atoms in total. The second-order valence-electron chi connectivity index (χ2n) is 3.50. The molecule has 2 aromatic rings. The van der Waals surface area contributed by atoms with Crippen LogP contribution < -0.4 is 5.32 Å². The van der Waals surface area contributed by atoms with Crippen LogP contribution in [0, 0.1) is 0 Å². The summed E-state index contributed by atoms with van der Waals surface area (Å²) in [5.74, 6) is -0.649. The molecule has 1 aromatic carbocycles. The van der Waals surface area contributed by atoms with E-state index in [-0.39, 0.29) is 15.9 Å². The largest absolute Gasteiger partial charge is 0.417 e. The fourth-order valence-corrected chi connectivity index (χ4v) is 1.80. The summed E-state index contributed by atoms with van der Waals surface area (Å²) in [6, 6.07) is 3.39. The lowest BCUT2D eigenvalue weighted by Crippen LogP contribution is -2.14. The lowest BCUT2D eigenvalue weighted by atomic mass is 10.2. The molecule has 0 spiro atoms. The Labute approximate surface area is 113 Å². The highest BCUT2D eigenvalue weighted by molar-refractivity contribution is 9.10. The predicted octanol–water partition coefficient (Wildman–Crippen LogP) is 2.84. The van der Waals surface area contributed by atoms with E-state index in [4.69, 9.17) is 0 Å². The van der Waals surface area contributed by atoms with Crippen molar-refractivity contribution in [2.75, 3.05) is 5.32 Å². The lowest BCUT2D eigenvalue weighted by Gasteiger charge is -2.11.